The number of methoxy groups -OCH3 is 1. The van der Waals surface area contributed by atoms with Crippen molar-refractivity contribution in [3.05, 3.63) is 91.2 Å². The van der Waals surface area contributed by atoms with Crippen LogP contribution < -0.4 is 20.3 Å². The van der Waals surface area contributed by atoms with Crippen LogP contribution >= 0.6 is 30.8 Å². The molecular weight excluding hydrogens is 646 g/mol. The Morgan fingerprint density at radius 1 is 0.977 bits per heavy atom. The first-order chi connectivity index (χ1) is 20.5. The highest BCUT2D eigenvalue weighted by molar-refractivity contribution is 7.54. The Morgan fingerprint density at radius 3 is 2.02 bits per heavy atom. The smallest absolute Gasteiger partial charge is 0.414 e. The van der Waals surface area contributed by atoms with Gasteiger partial charge in [-0.05, 0) is 55.7 Å². The summed E-state index contributed by atoms with van der Waals surface area (Å²) in [5.41, 5.74) is -0.800. The van der Waals surface area contributed by atoms with Gasteiger partial charge in [0.1, 0.15) is 23.7 Å². The van der Waals surface area contributed by atoms with Crippen LogP contribution in [0, 0.1) is 6.92 Å². The molecule has 3 aromatic rings. The number of aromatic nitrogens is 2. The predicted octanol–water partition coefficient (Wildman–Crippen LogP) is 7.20. The first-order valence-electron chi connectivity index (χ1n) is 14.2. The van der Waals surface area contributed by atoms with E-state index in [2.05, 4.69) is 38.8 Å². The van der Waals surface area contributed by atoms with E-state index in [-0.39, 0.29) is 39.2 Å². The molecule has 1 saturated heterocycles. The average Bonchev–Trinajstić information content (AvgIpc) is 3.28. The molecule has 4 rings (SSSR count). The van der Waals surface area contributed by atoms with Gasteiger partial charge in [-0.25, -0.2) is 9.36 Å². The molecule has 1 fully saturated rings. The van der Waals surface area contributed by atoms with Gasteiger partial charge in [0.25, 0.3) is 5.56 Å². The van der Waals surface area contributed by atoms with Gasteiger partial charge in [0.05, 0.1) is 22.3 Å². The maximum Gasteiger partial charge on any atom is 0.430 e. The summed E-state index contributed by atoms with van der Waals surface area (Å²) < 4.78 is 46.9. The zero-order chi connectivity index (χ0) is 32.4. The van der Waals surface area contributed by atoms with E-state index in [1.807, 2.05) is 0 Å². The Hall–Kier alpha value is -2.37. The van der Waals surface area contributed by atoms with Gasteiger partial charge >= 0.3 is 13.3 Å². The minimum atomic E-state index is -3.97. The van der Waals surface area contributed by atoms with Crippen LogP contribution in [-0.4, -0.2) is 49.5 Å². The van der Waals surface area contributed by atoms with Gasteiger partial charge in [0.2, 0.25) is 0 Å². The van der Waals surface area contributed by atoms with E-state index in [4.69, 9.17) is 46.1 Å². The van der Waals surface area contributed by atoms with E-state index in [9.17, 15) is 14.2 Å². The normalized spacial score (nSPS) is 20.9. The van der Waals surface area contributed by atoms with Crippen LogP contribution in [0.2, 0.25) is 28.2 Å². The molecule has 0 aliphatic carbocycles. The molecule has 1 aromatic heterocycles. The molecule has 240 valence electrons. The summed E-state index contributed by atoms with van der Waals surface area (Å²) in [6, 6.07) is 13.3. The Morgan fingerprint density at radius 2 is 1.52 bits per heavy atom. The molecule has 1 aliphatic heterocycles. The summed E-state index contributed by atoms with van der Waals surface area (Å²) in [4.78, 5) is 27.4. The number of hydrogen-bond donors (Lipinski definition) is 1. The monoisotopic (exact) mass is 684 g/mol. The number of benzene rings is 2. The molecule has 2 aromatic carbocycles. The fourth-order valence-electron chi connectivity index (χ4n) is 4.58. The molecular formula is C30H39Cl2N2O8PSi. The number of ether oxygens (including phenoxy) is 2. The van der Waals surface area contributed by atoms with Gasteiger partial charge in [-0.15, -0.1) is 0 Å². The Bertz CT molecular complexity index is 1590. The standard InChI is InChI=1S/C30H39Cl2N2O8PSi/c1-19-18-34(29(36)33-27(19)35)28-26(38-5)25(42-44(6,7)30(2,3)4)24(39-28)16-17-43(37,40-22-14-10-8-12-20(22)31)41-23-15-11-9-13-21(23)32/h8-15,18,24-26,28H,16-17H2,1-7H3,(H,33,35,36)/t24-,25-,26-,28-/m1/s1. The number of nitrogens with zero attached hydrogens (tertiary/aromatic N) is 1. The van der Waals surface area contributed by atoms with Crippen LogP contribution in [-0.2, 0) is 18.5 Å². The third-order valence-corrected chi connectivity index (χ3v) is 14.9. The number of aromatic amines is 1. The van der Waals surface area contributed by atoms with E-state index < -0.39 is 51.7 Å². The molecule has 0 spiro atoms. The number of hydrogen-bond acceptors (Lipinski definition) is 8. The van der Waals surface area contributed by atoms with Crippen LogP contribution in [0.1, 0.15) is 39.0 Å². The predicted molar refractivity (Wildman–Crippen MR) is 174 cm³/mol. The van der Waals surface area contributed by atoms with Crippen LogP contribution in [0.15, 0.2) is 64.3 Å². The molecule has 1 aliphatic rings. The molecule has 2 heterocycles. The zero-order valence-electron chi connectivity index (χ0n) is 25.8. The summed E-state index contributed by atoms with van der Waals surface area (Å²) in [7, 11) is -4.88. The molecule has 0 unspecified atom stereocenters. The summed E-state index contributed by atoms with van der Waals surface area (Å²) in [6.07, 6.45) is -1.56. The minimum Gasteiger partial charge on any atom is -0.414 e. The van der Waals surface area contributed by atoms with Crippen LogP contribution in [0.25, 0.3) is 0 Å². The maximum absolute atomic E-state index is 14.4. The highest BCUT2D eigenvalue weighted by atomic mass is 35.5. The molecule has 0 saturated carbocycles. The van der Waals surface area contributed by atoms with E-state index in [0.717, 1.165) is 0 Å². The van der Waals surface area contributed by atoms with Crippen LogP contribution in [0.4, 0.5) is 0 Å². The van der Waals surface area contributed by atoms with Gasteiger partial charge in [-0.1, -0.05) is 68.2 Å². The van der Waals surface area contributed by atoms with Crippen LogP contribution in [0.5, 0.6) is 11.5 Å². The van der Waals surface area contributed by atoms with Crippen molar-refractivity contribution >= 4 is 39.1 Å². The highest BCUT2D eigenvalue weighted by Gasteiger charge is 2.52. The average molecular weight is 686 g/mol. The number of para-hydroxylation sites is 2. The number of nitrogens with one attached hydrogen (secondary N) is 1. The molecule has 0 radical (unpaired) electrons. The molecule has 10 nitrogen and oxygen atoms in total. The molecule has 44 heavy (non-hydrogen) atoms. The topological polar surface area (TPSA) is 118 Å². The Balaban J connectivity index is 1.72. The number of rotatable bonds is 11. The lowest BCUT2D eigenvalue weighted by Crippen LogP contribution is -2.50. The van der Waals surface area contributed by atoms with Crippen molar-refractivity contribution in [2.45, 2.75) is 76.8 Å². The van der Waals surface area contributed by atoms with Gasteiger partial charge in [-0.3, -0.25) is 14.3 Å². The molecule has 14 heteroatoms. The zero-order valence-corrected chi connectivity index (χ0v) is 29.2. The first-order valence-corrected chi connectivity index (χ1v) is 19.6. The lowest BCUT2D eigenvalue weighted by atomic mass is 10.1. The lowest BCUT2D eigenvalue weighted by molar-refractivity contribution is -0.0540. The minimum absolute atomic E-state index is 0.117. The lowest BCUT2D eigenvalue weighted by Gasteiger charge is -2.40. The highest BCUT2D eigenvalue weighted by Crippen LogP contribution is 2.53. The summed E-state index contributed by atoms with van der Waals surface area (Å²) in [6.45, 7) is 12.1. The first kappa shape index (κ1) is 34.5. The number of halogens is 2. The van der Waals surface area contributed by atoms with Gasteiger partial charge in [-0.2, -0.15) is 0 Å². The largest absolute Gasteiger partial charge is 0.430 e. The van der Waals surface area contributed by atoms with Crippen molar-refractivity contribution in [3.8, 4) is 11.5 Å². The summed E-state index contributed by atoms with van der Waals surface area (Å²) in [5.74, 6) is 0.378. The van der Waals surface area contributed by atoms with Crippen molar-refractivity contribution < 1.29 is 27.5 Å². The van der Waals surface area contributed by atoms with Crippen LogP contribution in [0.3, 0.4) is 0 Å². The second-order valence-electron chi connectivity index (χ2n) is 12.3. The van der Waals surface area contributed by atoms with Crippen molar-refractivity contribution in [1.82, 2.24) is 9.55 Å². The molecule has 0 amide bonds. The van der Waals surface area contributed by atoms with Crippen molar-refractivity contribution in [2.24, 2.45) is 0 Å². The number of aryl methyl sites for hydroxylation is 1. The van der Waals surface area contributed by atoms with E-state index in [1.54, 1.807) is 55.5 Å². The van der Waals surface area contributed by atoms with Gasteiger partial charge in [0, 0.05) is 18.9 Å². The maximum atomic E-state index is 14.4. The molecule has 0 bridgehead atoms. The summed E-state index contributed by atoms with van der Waals surface area (Å²) in [5, 5.41) is 0.368. The Labute approximate surface area is 268 Å². The van der Waals surface area contributed by atoms with E-state index >= 15 is 0 Å². The number of H-pyrrole nitrogens is 1. The third kappa shape index (κ3) is 7.70. The second-order valence-corrected chi connectivity index (χ2v) is 19.9. The van der Waals surface area contributed by atoms with Crippen molar-refractivity contribution in [2.75, 3.05) is 13.3 Å². The van der Waals surface area contributed by atoms with E-state index in [1.165, 1.54) is 17.9 Å². The van der Waals surface area contributed by atoms with Gasteiger partial charge < -0.3 is 22.9 Å². The fraction of sp³-hybridized carbons (Fsp3) is 0.467. The Kier molecular flexibility index (Phi) is 10.6. The van der Waals surface area contributed by atoms with E-state index in [0.29, 0.717) is 5.56 Å². The molecule has 1 N–H and O–H groups in total. The SMILES string of the molecule is CO[C@@H]1[C@H](O[Si](C)(C)C(C)(C)C)[C@@H](CCP(=O)(Oc2ccccc2Cl)Oc2ccccc2Cl)O[C@H]1n1cc(C)c(=O)[nH]c1=O. The van der Waals surface area contributed by atoms with Crippen molar-refractivity contribution in [3.63, 3.8) is 0 Å². The van der Waals surface area contributed by atoms with Gasteiger partial charge in [0.15, 0.2) is 14.5 Å². The van der Waals surface area contributed by atoms with Crippen molar-refractivity contribution in [1.29, 1.82) is 0 Å². The fourth-order valence-corrected chi connectivity index (χ4v) is 8.07. The summed E-state index contributed by atoms with van der Waals surface area (Å²) >= 11 is 12.7. The second kappa shape index (κ2) is 13.5. The molecule has 4 atom stereocenters. The quantitative estimate of drug-likeness (QED) is 0.166. The third-order valence-electron chi connectivity index (χ3n) is 8.05.